The van der Waals surface area contributed by atoms with Crippen molar-refractivity contribution < 1.29 is 19.0 Å². The number of benzene rings is 2. The number of aliphatic hydroxyl groups excluding tert-OH is 1. The van der Waals surface area contributed by atoms with E-state index in [1.807, 2.05) is 6.92 Å². The van der Waals surface area contributed by atoms with Crippen molar-refractivity contribution in [3.05, 3.63) is 57.3 Å². The molecule has 2 rings (SSSR count). The van der Waals surface area contributed by atoms with Crippen LogP contribution in [-0.4, -0.2) is 19.3 Å². The third kappa shape index (κ3) is 3.19. The van der Waals surface area contributed by atoms with Crippen LogP contribution in [0.1, 0.15) is 22.8 Å². The van der Waals surface area contributed by atoms with Crippen LogP contribution in [0.2, 0.25) is 0 Å². The Balaban J connectivity index is 2.47. The summed E-state index contributed by atoms with van der Waals surface area (Å²) >= 11 is 3.10. The van der Waals surface area contributed by atoms with E-state index in [1.54, 1.807) is 31.4 Å². The maximum Gasteiger partial charge on any atom is 0.161 e. The van der Waals surface area contributed by atoms with Crippen molar-refractivity contribution in [1.82, 2.24) is 0 Å². The molecule has 0 aliphatic heterocycles. The number of hydrogen-bond donors (Lipinski definition) is 1. The van der Waals surface area contributed by atoms with E-state index in [0.29, 0.717) is 27.1 Å². The van der Waals surface area contributed by atoms with Gasteiger partial charge < -0.3 is 14.6 Å². The highest BCUT2D eigenvalue weighted by molar-refractivity contribution is 9.10. The van der Waals surface area contributed by atoms with Gasteiger partial charge in [-0.1, -0.05) is 6.07 Å². The molecule has 3 nitrogen and oxygen atoms in total. The minimum atomic E-state index is -0.938. The Morgan fingerprint density at radius 2 is 1.71 bits per heavy atom. The number of hydrogen-bond acceptors (Lipinski definition) is 3. The second-order valence-corrected chi connectivity index (χ2v) is 5.49. The van der Waals surface area contributed by atoms with E-state index in [4.69, 9.17) is 9.47 Å². The highest BCUT2D eigenvalue weighted by Gasteiger charge is 2.18. The topological polar surface area (TPSA) is 38.7 Å². The van der Waals surface area contributed by atoms with Gasteiger partial charge in [-0.05, 0) is 63.8 Å². The third-order valence-electron chi connectivity index (χ3n) is 3.33. The van der Waals surface area contributed by atoms with Gasteiger partial charge in [0.1, 0.15) is 11.9 Å². The zero-order valence-corrected chi connectivity index (χ0v) is 13.6. The van der Waals surface area contributed by atoms with Crippen LogP contribution in [0.5, 0.6) is 11.5 Å². The highest BCUT2D eigenvalue weighted by atomic mass is 79.9. The lowest BCUT2D eigenvalue weighted by molar-refractivity contribution is 0.218. The number of methoxy groups -OCH3 is 2. The minimum Gasteiger partial charge on any atom is -0.493 e. The predicted molar refractivity (Wildman–Crippen MR) is 82.4 cm³/mol. The first-order valence-electron chi connectivity index (χ1n) is 6.33. The zero-order valence-electron chi connectivity index (χ0n) is 12.0. The van der Waals surface area contributed by atoms with Crippen molar-refractivity contribution >= 4 is 15.9 Å². The molecule has 2 aromatic carbocycles. The van der Waals surface area contributed by atoms with Crippen molar-refractivity contribution in [1.29, 1.82) is 0 Å². The van der Waals surface area contributed by atoms with Crippen LogP contribution in [0.15, 0.2) is 34.8 Å². The molecule has 0 bridgehead atoms. The largest absolute Gasteiger partial charge is 0.493 e. The molecular formula is C16H16BrFO3. The maximum atomic E-state index is 13.6. The molecule has 21 heavy (non-hydrogen) atoms. The summed E-state index contributed by atoms with van der Waals surface area (Å²) in [6, 6.07) is 8.05. The Hall–Kier alpha value is -1.59. The van der Waals surface area contributed by atoms with Crippen LogP contribution >= 0.6 is 15.9 Å². The van der Waals surface area contributed by atoms with Gasteiger partial charge in [-0.15, -0.1) is 0 Å². The second-order valence-electron chi connectivity index (χ2n) is 4.64. The summed E-state index contributed by atoms with van der Waals surface area (Å²) in [5.41, 5.74) is 1.96. The van der Waals surface area contributed by atoms with Crippen LogP contribution in [0.4, 0.5) is 4.39 Å². The third-order valence-corrected chi connectivity index (χ3v) is 3.97. The molecule has 5 heteroatoms. The highest BCUT2D eigenvalue weighted by Crippen LogP contribution is 2.35. The molecule has 112 valence electrons. The fourth-order valence-corrected chi connectivity index (χ4v) is 2.40. The van der Waals surface area contributed by atoms with E-state index in [9.17, 15) is 9.50 Å². The van der Waals surface area contributed by atoms with Crippen LogP contribution in [-0.2, 0) is 0 Å². The number of aliphatic hydroxyl groups is 1. The van der Waals surface area contributed by atoms with Gasteiger partial charge in [-0.3, -0.25) is 0 Å². The Bertz CT molecular complexity index is 658. The average molecular weight is 355 g/mol. The monoisotopic (exact) mass is 354 g/mol. The summed E-state index contributed by atoms with van der Waals surface area (Å²) in [6.45, 7) is 1.86. The van der Waals surface area contributed by atoms with Crippen molar-refractivity contribution in [3.8, 4) is 11.5 Å². The molecule has 1 unspecified atom stereocenters. The van der Waals surface area contributed by atoms with E-state index < -0.39 is 11.9 Å². The molecule has 0 radical (unpaired) electrons. The van der Waals surface area contributed by atoms with Crippen molar-refractivity contribution in [2.24, 2.45) is 0 Å². The normalized spacial score (nSPS) is 12.1. The van der Waals surface area contributed by atoms with Gasteiger partial charge in [0, 0.05) is 0 Å². The summed E-state index contributed by atoms with van der Waals surface area (Å²) in [5, 5.41) is 10.5. The minimum absolute atomic E-state index is 0.363. The predicted octanol–water partition coefficient (Wildman–Crippen LogP) is 4.00. The van der Waals surface area contributed by atoms with Crippen molar-refractivity contribution in [2.75, 3.05) is 14.2 Å². The molecular weight excluding hydrogens is 339 g/mol. The first-order valence-corrected chi connectivity index (χ1v) is 7.12. The molecule has 0 spiro atoms. The molecule has 1 atom stereocenters. The van der Waals surface area contributed by atoms with Crippen LogP contribution < -0.4 is 9.47 Å². The van der Waals surface area contributed by atoms with E-state index in [2.05, 4.69) is 15.9 Å². The van der Waals surface area contributed by atoms with Gasteiger partial charge in [-0.25, -0.2) is 4.39 Å². The summed E-state index contributed by atoms with van der Waals surface area (Å²) in [7, 11) is 3.08. The number of aryl methyl sites for hydroxylation is 1. The lowest BCUT2D eigenvalue weighted by atomic mass is 9.97. The smallest absolute Gasteiger partial charge is 0.161 e. The van der Waals surface area contributed by atoms with Gasteiger partial charge in [0.15, 0.2) is 11.5 Å². The number of rotatable bonds is 4. The summed E-state index contributed by atoms with van der Waals surface area (Å²) in [4.78, 5) is 0. The van der Waals surface area contributed by atoms with E-state index in [1.165, 1.54) is 13.2 Å². The van der Waals surface area contributed by atoms with Crippen LogP contribution in [0, 0.1) is 12.7 Å². The molecule has 1 N–H and O–H groups in total. The second kappa shape index (κ2) is 6.45. The molecule has 0 saturated carbocycles. The lowest BCUT2D eigenvalue weighted by Crippen LogP contribution is -2.04. The average Bonchev–Trinajstić information content (AvgIpc) is 2.49. The first-order chi connectivity index (χ1) is 9.97. The summed E-state index contributed by atoms with van der Waals surface area (Å²) < 4.78 is 24.4. The Morgan fingerprint density at radius 1 is 1.10 bits per heavy atom. The number of ether oxygens (including phenoxy) is 2. The van der Waals surface area contributed by atoms with Crippen LogP contribution in [0.3, 0.4) is 0 Å². The van der Waals surface area contributed by atoms with E-state index in [-0.39, 0.29) is 0 Å². The summed E-state index contributed by atoms with van der Waals surface area (Å²) in [6.07, 6.45) is -0.938. The quantitative estimate of drug-likeness (QED) is 0.901. The van der Waals surface area contributed by atoms with Gasteiger partial charge in [-0.2, -0.15) is 0 Å². The molecule has 0 amide bonds. The molecule has 0 aliphatic rings. The molecule has 2 aromatic rings. The molecule has 0 aliphatic carbocycles. The maximum absolute atomic E-state index is 13.6. The lowest BCUT2D eigenvalue weighted by Gasteiger charge is -2.17. The molecule has 0 heterocycles. The first kappa shape index (κ1) is 15.8. The Labute approximate surface area is 131 Å². The Morgan fingerprint density at radius 3 is 2.29 bits per heavy atom. The fraction of sp³-hybridized carbons (Fsp3) is 0.250. The van der Waals surface area contributed by atoms with Gasteiger partial charge in [0.05, 0.1) is 18.7 Å². The Kier molecular flexibility index (Phi) is 4.85. The van der Waals surface area contributed by atoms with E-state index in [0.717, 1.165) is 5.56 Å². The molecule has 0 fully saturated rings. The van der Waals surface area contributed by atoms with Crippen molar-refractivity contribution in [3.63, 3.8) is 0 Å². The fourth-order valence-electron chi connectivity index (χ4n) is 2.15. The SMILES string of the molecule is COc1cc(C)c(C(O)c2ccc(Br)c(F)c2)cc1OC. The van der Waals surface area contributed by atoms with Crippen LogP contribution in [0.25, 0.3) is 0 Å². The standard InChI is InChI=1S/C16H16BrFO3/c1-9-6-14(20-2)15(21-3)8-11(9)16(19)10-4-5-12(17)13(18)7-10/h4-8,16,19H,1-3H3. The van der Waals surface area contributed by atoms with Gasteiger partial charge in [0.25, 0.3) is 0 Å². The van der Waals surface area contributed by atoms with Gasteiger partial charge >= 0.3 is 0 Å². The zero-order chi connectivity index (χ0) is 15.6. The van der Waals surface area contributed by atoms with Gasteiger partial charge in [0.2, 0.25) is 0 Å². The van der Waals surface area contributed by atoms with Crippen molar-refractivity contribution in [2.45, 2.75) is 13.0 Å². The summed E-state index contributed by atoms with van der Waals surface area (Å²) in [5.74, 6) is 0.701. The van der Waals surface area contributed by atoms with E-state index >= 15 is 0 Å². The number of halogens is 2. The molecule has 0 saturated heterocycles. The molecule has 0 aromatic heterocycles.